The molecule has 0 spiro atoms. The summed E-state index contributed by atoms with van der Waals surface area (Å²) in [4.78, 5) is 0. The number of allylic oxidation sites excluding steroid dienone is 1. The summed E-state index contributed by atoms with van der Waals surface area (Å²) < 4.78 is 60.9. The lowest BCUT2D eigenvalue weighted by Gasteiger charge is -2.71. The summed E-state index contributed by atoms with van der Waals surface area (Å²) in [7, 11) is 0. The maximum absolute atomic E-state index is 12.9. The molecule has 498 valence electrons. The van der Waals surface area contributed by atoms with Crippen molar-refractivity contribution in [2.24, 2.45) is 45.3 Å². The summed E-state index contributed by atoms with van der Waals surface area (Å²) >= 11 is 0. The normalized spacial score (nSPS) is 53.2. The largest absolute Gasteiger partial charge is 0.394 e. The van der Waals surface area contributed by atoms with Crippen LogP contribution in [0, 0.1) is 45.3 Å². The number of aliphatic hydroxyl groups is 17. The lowest BCUT2D eigenvalue weighted by atomic mass is 9.35. The van der Waals surface area contributed by atoms with E-state index in [4.69, 9.17) is 47.4 Å². The van der Waals surface area contributed by atoms with Crippen LogP contribution in [-0.4, -0.2) is 285 Å². The molecule has 9 rings (SSSR count). The molecule has 0 aromatic heterocycles. The highest BCUT2D eigenvalue weighted by molar-refractivity contribution is 5.21. The van der Waals surface area contributed by atoms with Crippen molar-refractivity contribution in [3.05, 3.63) is 11.6 Å². The molecule has 0 bridgehead atoms. The molecule has 10 unspecified atom stereocenters. The molecule has 0 aromatic rings. The van der Waals surface area contributed by atoms with E-state index in [0.29, 0.717) is 44.9 Å². The zero-order valence-corrected chi connectivity index (χ0v) is 50.5. The summed E-state index contributed by atoms with van der Waals surface area (Å²) in [6.07, 6.45) is -32.6. The molecule has 9 aliphatic rings. The van der Waals surface area contributed by atoms with E-state index in [1.165, 1.54) is 6.92 Å². The van der Waals surface area contributed by atoms with Crippen LogP contribution in [0.4, 0.5) is 0 Å². The van der Waals surface area contributed by atoms with Crippen LogP contribution in [0.3, 0.4) is 0 Å². The van der Waals surface area contributed by atoms with Crippen LogP contribution in [0.1, 0.15) is 113 Å². The Kier molecular flexibility index (Phi) is 21.3. The topological polar surface area (TPSA) is 436 Å². The van der Waals surface area contributed by atoms with Crippen LogP contribution in [0.25, 0.3) is 0 Å². The molecule has 0 aromatic carbocycles. The molecule has 5 saturated heterocycles. The second-order valence-electron chi connectivity index (χ2n) is 28.1. The first kappa shape index (κ1) is 69.0. The fourth-order valence-corrected chi connectivity index (χ4v) is 17.3. The average molecular weight is 1240 g/mol. The van der Waals surface area contributed by atoms with Crippen LogP contribution in [-0.2, 0) is 47.4 Å². The smallest absolute Gasteiger partial charge is 0.187 e. The van der Waals surface area contributed by atoms with E-state index in [1.807, 2.05) is 13.0 Å². The minimum absolute atomic E-state index is 0.0328. The molecule has 5 heterocycles. The van der Waals surface area contributed by atoms with E-state index in [2.05, 4.69) is 34.6 Å². The van der Waals surface area contributed by atoms with Gasteiger partial charge in [-0.15, -0.1) is 0 Å². The zero-order chi connectivity index (χ0) is 63.1. The lowest BCUT2D eigenvalue weighted by Crippen LogP contribution is -2.68. The first-order chi connectivity index (χ1) is 40.3. The minimum Gasteiger partial charge on any atom is -0.394 e. The molecule has 27 heteroatoms. The van der Waals surface area contributed by atoms with E-state index in [1.54, 1.807) is 6.92 Å². The third-order valence-electron chi connectivity index (χ3n) is 22.7. The molecule has 4 saturated carbocycles. The van der Waals surface area contributed by atoms with E-state index >= 15 is 0 Å². The number of hydrogen-bond donors (Lipinski definition) is 17. The number of rotatable bonds is 18. The lowest BCUT2D eigenvalue weighted by molar-refractivity contribution is -0.382. The molecule has 17 N–H and O–H groups in total. The van der Waals surface area contributed by atoms with Gasteiger partial charge in [0.1, 0.15) is 110 Å². The van der Waals surface area contributed by atoms with Crippen LogP contribution in [0.5, 0.6) is 0 Å². The standard InChI is InChI=1S/C59H100O27/c1-24(19-60)10-9-14-59(8,86-53-48(76)43(71)39(67)30(82-53)22-78-50-45(73)37(65)28(63)21-77-50)26-11-16-58(7)35(26)27(62)18-33-56(5)15-13-34(55(3,4)32(56)12-17-57(33,58)6)84-54-49(85-52-47(75)42(70)38(66)29(20-61)81-52)44(72)40(68)31(83-54)23-79-51-46(74)41(69)36(64)25(2)80-51/h10,25-54,60-76H,9,11-23H2,1-8H3/b24-10+/t25-,26?,27?,28-,29-,30-,31-,32?,33?,34?,35?,36-,37+,38-,39-,40-,41-,42+,43-,44-,45-,46-,47-,48-,49-,50-,51-,52+,53+,54+,56?,57?,58?,59?/m1/s1. The molecule has 34 atom stereocenters. The molecule has 5 aliphatic heterocycles. The second-order valence-corrected chi connectivity index (χ2v) is 28.1. The summed E-state index contributed by atoms with van der Waals surface area (Å²) in [5.41, 5.74) is -2.35. The summed E-state index contributed by atoms with van der Waals surface area (Å²) in [5.74, 6) is -0.768. The maximum Gasteiger partial charge on any atom is 0.187 e. The van der Waals surface area contributed by atoms with E-state index in [0.717, 1.165) is 18.4 Å². The van der Waals surface area contributed by atoms with Gasteiger partial charge in [0.05, 0.1) is 56.9 Å². The molecular weight excluding hydrogens is 1140 g/mol. The van der Waals surface area contributed by atoms with E-state index in [9.17, 15) is 86.8 Å². The minimum atomic E-state index is -1.89. The van der Waals surface area contributed by atoms with Crippen LogP contribution in [0.2, 0.25) is 0 Å². The third-order valence-corrected chi connectivity index (χ3v) is 22.7. The highest BCUT2D eigenvalue weighted by Gasteiger charge is 2.72. The monoisotopic (exact) mass is 1240 g/mol. The van der Waals surface area contributed by atoms with Gasteiger partial charge in [0.15, 0.2) is 31.5 Å². The van der Waals surface area contributed by atoms with Crippen LogP contribution < -0.4 is 0 Å². The quantitative estimate of drug-likeness (QED) is 0.0463. The van der Waals surface area contributed by atoms with Crippen molar-refractivity contribution in [1.29, 1.82) is 0 Å². The molecule has 0 radical (unpaired) electrons. The fraction of sp³-hybridized carbons (Fsp3) is 0.966. The predicted molar refractivity (Wildman–Crippen MR) is 293 cm³/mol. The van der Waals surface area contributed by atoms with Gasteiger partial charge in [0.25, 0.3) is 0 Å². The van der Waals surface area contributed by atoms with Gasteiger partial charge in [-0.05, 0) is 124 Å². The Hall–Kier alpha value is -1.34. The van der Waals surface area contributed by atoms with Gasteiger partial charge >= 0.3 is 0 Å². The van der Waals surface area contributed by atoms with Gasteiger partial charge in [-0.1, -0.05) is 46.3 Å². The second kappa shape index (κ2) is 26.6. The summed E-state index contributed by atoms with van der Waals surface area (Å²) in [6, 6.07) is 0. The van der Waals surface area contributed by atoms with Gasteiger partial charge < -0.3 is 134 Å². The first-order valence-corrected chi connectivity index (χ1v) is 30.8. The Morgan fingerprint density at radius 3 is 1.76 bits per heavy atom. The Morgan fingerprint density at radius 1 is 0.547 bits per heavy atom. The highest BCUT2D eigenvalue weighted by Crippen LogP contribution is 2.76. The molecule has 4 aliphatic carbocycles. The number of fused-ring (bicyclic) bond motifs is 5. The Bertz CT molecular complexity index is 2270. The van der Waals surface area contributed by atoms with Gasteiger partial charge in [-0.2, -0.15) is 0 Å². The Balaban J connectivity index is 0.946. The fourth-order valence-electron chi connectivity index (χ4n) is 17.3. The number of hydrogen-bond acceptors (Lipinski definition) is 27. The van der Waals surface area contributed by atoms with Crippen molar-refractivity contribution >= 4 is 0 Å². The average Bonchev–Trinajstić information content (AvgIpc) is 1.23. The van der Waals surface area contributed by atoms with Crippen LogP contribution >= 0.6 is 0 Å². The van der Waals surface area contributed by atoms with Crippen molar-refractivity contribution in [2.45, 2.75) is 278 Å². The first-order valence-electron chi connectivity index (χ1n) is 30.8. The zero-order valence-electron chi connectivity index (χ0n) is 50.5. The SMILES string of the molecule is C/C(=C\CCC(C)(O[C@@H]1O[C@H](CO[C@H]2OC[C@@H](O)[C@H](O)[C@H]2O)[C@@H](O)[C@@H](O)[C@H]1O)C1CCC2(C)C1C(O)CC1C3(C)CCC(O[C@@H]4O[C@H](CO[C@@H]5O[C@H](C)[C@@H](O)[C@@H](O)[C@H]5O)[C@@H](O)[C@@H](O)[C@H]4O[C@@H]4O[C@H](CO)[C@@H](O)[C@H](O)[C@H]4O)C(C)(C)C3CCC12C)CO. The van der Waals surface area contributed by atoms with Crippen LogP contribution in [0.15, 0.2) is 11.6 Å². The Morgan fingerprint density at radius 2 is 1.10 bits per heavy atom. The maximum atomic E-state index is 12.9. The van der Waals surface area contributed by atoms with Gasteiger partial charge in [-0.25, -0.2) is 0 Å². The van der Waals surface area contributed by atoms with Gasteiger partial charge in [0.2, 0.25) is 0 Å². The van der Waals surface area contributed by atoms with Gasteiger partial charge in [-0.3, -0.25) is 0 Å². The van der Waals surface area contributed by atoms with Crippen molar-refractivity contribution in [1.82, 2.24) is 0 Å². The van der Waals surface area contributed by atoms with Crippen molar-refractivity contribution < 1.29 is 134 Å². The number of ether oxygens (including phenoxy) is 10. The third kappa shape index (κ3) is 12.4. The Labute approximate surface area is 501 Å². The molecule has 86 heavy (non-hydrogen) atoms. The molecule has 9 fully saturated rings. The van der Waals surface area contributed by atoms with E-state index < -0.39 is 201 Å². The van der Waals surface area contributed by atoms with Gasteiger partial charge in [0, 0.05) is 0 Å². The van der Waals surface area contributed by atoms with Crippen molar-refractivity contribution in [2.75, 3.05) is 33.0 Å². The summed E-state index contributed by atoms with van der Waals surface area (Å²) in [5, 5.41) is 185. The van der Waals surface area contributed by atoms with Crippen molar-refractivity contribution in [3.63, 3.8) is 0 Å². The predicted octanol–water partition coefficient (Wildman–Crippen LogP) is -3.74. The van der Waals surface area contributed by atoms with E-state index in [-0.39, 0.29) is 42.3 Å². The molecular formula is C59H100O27. The summed E-state index contributed by atoms with van der Waals surface area (Å²) in [6.45, 7) is 13.9. The van der Waals surface area contributed by atoms with Crippen molar-refractivity contribution in [3.8, 4) is 0 Å². The highest BCUT2D eigenvalue weighted by atomic mass is 16.8. The molecule has 0 amide bonds. The molecule has 27 nitrogen and oxygen atoms in total. The number of aliphatic hydroxyl groups excluding tert-OH is 17.